The molecule has 0 fully saturated rings. The van der Waals surface area contributed by atoms with Crippen LogP contribution in [0.1, 0.15) is 27.2 Å². The van der Waals surface area contributed by atoms with Gasteiger partial charge in [0.1, 0.15) is 0 Å². The minimum Gasteiger partial charge on any atom is -0.351 e. The van der Waals surface area contributed by atoms with Gasteiger partial charge in [-0.25, -0.2) is 4.79 Å². The number of nitrogens with zero attached hydrogens (tertiary/aromatic N) is 1. The first kappa shape index (κ1) is 10.3. The van der Waals surface area contributed by atoms with Gasteiger partial charge in [-0.3, -0.25) is 0 Å². The Morgan fingerprint density at radius 2 is 1.91 bits per heavy atom. The molecule has 0 aromatic heterocycles. The molecule has 0 heterocycles. The molecular weight excluding hydrogens is 140 g/mol. The third kappa shape index (κ3) is 3.86. The second-order valence-corrected chi connectivity index (χ2v) is 3.43. The van der Waals surface area contributed by atoms with Gasteiger partial charge in [-0.2, -0.15) is 0 Å². The Balaban J connectivity index is 3.82. The number of urea groups is 1. The quantitative estimate of drug-likeness (QED) is 0.663. The zero-order valence-electron chi connectivity index (χ0n) is 7.79. The molecule has 0 radical (unpaired) electrons. The van der Waals surface area contributed by atoms with Gasteiger partial charge in [0, 0.05) is 13.1 Å². The highest BCUT2D eigenvalue weighted by atomic mass is 16.2. The van der Waals surface area contributed by atoms with Gasteiger partial charge in [0.15, 0.2) is 0 Å². The Morgan fingerprint density at radius 3 is 2.18 bits per heavy atom. The summed E-state index contributed by atoms with van der Waals surface area (Å²) in [4.78, 5) is 12.2. The lowest BCUT2D eigenvalue weighted by atomic mass is 10.0. The molecule has 0 saturated carbocycles. The van der Waals surface area contributed by atoms with Gasteiger partial charge >= 0.3 is 6.03 Å². The van der Waals surface area contributed by atoms with Crippen LogP contribution in [-0.4, -0.2) is 24.0 Å². The SMILES string of the molecule is CC(C)CC(C)N(C)C(N)=O. The van der Waals surface area contributed by atoms with Crippen molar-refractivity contribution >= 4 is 6.03 Å². The van der Waals surface area contributed by atoms with E-state index in [1.165, 1.54) is 0 Å². The van der Waals surface area contributed by atoms with Crippen LogP contribution in [0.25, 0.3) is 0 Å². The molecule has 11 heavy (non-hydrogen) atoms. The largest absolute Gasteiger partial charge is 0.351 e. The van der Waals surface area contributed by atoms with Crippen LogP contribution in [0, 0.1) is 5.92 Å². The zero-order chi connectivity index (χ0) is 9.02. The maximum absolute atomic E-state index is 10.7. The van der Waals surface area contributed by atoms with Crippen molar-refractivity contribution in [1.82, 2.24) is 4.90 Å². The number of carbonyl (C=O) groups is 1. The Bertz CT molecular complexity index is 134. The maximum atomic E-state index is 10.7. The fraction of sp³-hybridized carbons (Fsp3) is 0.875. The van der Waals surface area contributed by atoms with Crippen molar-refractivity contribution in [1.29, 1.82) is 0 Å². The molecule has 2 N–H and O–H groups in total. The third-order valence-corrected chi connectivity index (χ3v) is 1.82. The molecule has 0 bridgehead atoms. The van der Waals surface area contributed by atoms with E-state index in [2.05, 4.69) is 13.8 Å². The summed E-state index contributed by atoms with van der Waals surface area (Å²) in [6.45, 7) is 6.27. The predicted octanol–water partition coefficient (Wildman–Crippen LogP) is 1.43. The molecule has 1 unspecified atom stereocenters. The molecule has 2 amide bonds. The van der Waals surface area contributed by atoms with Crippen LogP contribution < -0.4 is 5.73 Å². The minimum absolute atomic E-state index is 0.243. The lowest BCUT2D eigenvalue weighted by Gasteiger charge is -2.24. The van der Waals surface area contributed by atoms with E-state index in [4.69, 9.17) is 5.73 Å². The molecule has 3 nitrogen and oxygen atoms in total. The van der Waals surface area contributed by atoms with Crippen LogP contribution in [0.3, 0.4) is 0 Å². The monoisotopic (exact) mass is 158 g/mol. The van der Waals surface area contributed by atoms with Crippen molar-refractivity contribution < 1.29 is 4.79 Å². The van der Waals surface area contributed by atoms with Crippen LogP contribution in [0.15, 0.2) is 0 Å². The molecular formula is C8H18N2O. The van der Waals surface area contributed by atoms with E-state index in [0.29, 0.717) is 5.92 Å². The highest BCUT2D eigenvalue weighted by molar-refractivity contribution is 5.71. The molecule has 0 saturated heterocycles. The first-order chi connectivity index (χ1) is 4.95. The Hall–Kier alpha value is -0.730. The molecule has 0 aliphatic carbocycles. The van der Waals surface area contributed by atoms with E-state index in [-0.39, 0.29) is 12.1 Å². The third-order valence-electron chi connectivity index (χ3n) is 1.82. The van der Waals surface area contributed by atoms with Crippen molar-refractivity contribution in [2.45, 2.75) is 33.2 Å². The normalized spacial score (nSPS) is 13.2. The summed E-state index contributed by atoms with van der Waals surface area (Å²) in [5, 5.41) is 0. The lowest BCUT2D eigenvalue weighted by Crippen LogP contribution is -2.39. The van der Waals surface area contributed by atoms with Crippen LogP contribution in [0.4, 0.5) is 4.79 Å². The number of hydrogen-bond donors (Lipinski definition) is 1. The standard InChI is InChI=1S/C8H18N2O/c1-6(2)5-7(3)10(4)8(9)11/h6-7H,5H2,1-4H3,(H2,9,11). The van der Waals surface area contributed by atoms with E-state index in [0.717, 1.165) is 6.42 Å². The molecule has 0 aromatic rings. The first-order valence-corrected chi connectivity index (χ1v) is 3.97. The van der Waals surface area contributed by atoms with Gasteiger partial charge in [0.05, 0.1) is 0 Å². The van der Waals surface area contributed by atoms with Gasteiger partial charge < -0.3 is 10.6 Å². The molecule has 0 spiro atoms. The minimum atomic E-state index is -0.349. The van der Waals surface area contributed by atoms with Crippen LogP contribution in [-0.2, 0) is 0 Å². The van der Waals surface area contributed by atoms with E-state index >= 15 is 0 Å². The summed E-state index contributed by atoms with van der Waals surface area (Å²) < 4.78 is 0. The second-order valence-electron chi connectivity index (χ2n) is 3.43. The zero-order valence-corrected chi connectivity index (χ0v) is 7.79. The lowest BCUT2D eigenvalue weighted by molar-refractivity contribution is 0.196. The summed E-state index contributed by atoms with van der Waals surface area (Å²) >= 11 is 0. The van der Waals surface area contributed by atoms with Gasteiger partial charge in [-0.15, -0.1) is 0 Å². The molecule has 0 aliphatic heterocycles. The van der Waals surface area contributed by atoms with Crippen molar-refractivity contribution in [2.24, 2.45) is 11.7 Å². The topological polar surface area (TPSA) is 46.3 Å². The number of nitrogens with two attached hydrogens (primary N) is 1. The molecule has 0 aliphatic rings. The van der Waals surface area contributed by atoms with E-state index in [1.807, 2.05) is 6.92 Å². The highest BCUT2D eigenvalue weighted by Crippen LogP contribution is 2.08. The van der Waals surface area contributed by atoms with Crippen LogP contribution in [0.2, 0.25) is 0 Å². The maximum Gasteiger partial charge on any atom is 0.314 e. The van der Waals surface area contributed by atoms with E-state index in [9.17, 15) is 4.79 Å². The average molecular weight is 158 g/mol. The number of carbonyl (C=O) groups excluding carboxylic acids is 1. The van der Waals surface area contributed by atoms with Crippen molar-refractivity contribution in [3.8, 4) is 0 Å². The van der Waals surface area contributed by atoms with Gasteiger partial charge in [-0.05, 0) is 19.3 Å². The molecule has 3 heteroatoms. The van der Waals surface area contributed by atoms with Crippen molar-refractivity contribution in [3.05, 3.63) is 0 Å². The van der Waals surface area contributed by atoms with Gasteiger partial charge in [-0.1, -0.05) is 13.8 Å². The second kappa shape index (κ2) is 4.21. The molecule has 0 rings (SSSR count). The highest BCUT2D eigenvalue weighted by Gasteiger charge is 2.13. The fourth-order valence-electron chi connectivity index (χ4n) is 1.06. The smallest absolute Gasteiger partial charge is 0.314 e. The fourth-order valence-corrected chi connectivity index (χ4v) is 1.06. The number of hydrogen-bond acceptors (Lipinski definition) is 1. The van der Waals surface area contributed by atoms with E-state index < -0.39 is 0 Å². The predicted molar refractivity (Wildman–Crippen MR) is 46.3 cm³/mol. The Labute approximate surface area is 68.6 Å². The molecule has 66 valence electrons. The van der Waals surface area contributed by atoms with Crippen molar-refractivity contribution in [2.75, 3.05) is 7.05 Å². The number of rotatable bonds is 3. The summed E-state index contributed by atoms with van der Waals surface area (Å²) in [6, 6.07) is -0.106. The molecule has 0 aromatic carbocycles. The van der Waals surface area contributed by atoms with E-state index in [1.54, 1.807) is 11.9 Å². The average Bonchev–Trinajstić information content (AvgIpc) is 1.84. The van der Waals surface area contributed by atoms with Crippen LogP contribution in [0.5, 0.6) is 0 Å². The van der Waals surface area contributed by atoms with Crippen LogP contribution >= 0.6 is 0 Å². The molecule has 1 atom stereocenters. The summed E-state index contributed by atoms with van der Waals surface area (Å²) in [6.07, 6.45) is 0.999. The van der Waals surface area contributed by atoms with Gasteiger partial charge in [0.2, 0.25) is 0 Å². The van der Waals surface area contributed by atoms with Crippen molar-refractivity contribution in [3.63, 3.8) is 0 Å². The summed E-state index contributed by atoms with van der Waals surface area (Å²) in [7, 11) is 1.73. The summed E-state index contributed by atoms with van der Waals surface area (Å²) in [5.74, 6) is 0.604. The Kier molecular flexibility index (Phi) is 3.93. The summed E-state index contributed by atoms with van der Waals surface area (Å²) in [5.41, 5.74) is 5.10. The Morgan fingerprint density at radius 1 is 1.45 bits per heavy atom. The van der Waals surface area contributed by atoms with Gasteiger partial charge in [0.25, 0.3) is 0 Å². The number of primary amides is 1. The number of amides is 2. The first-order valence-electron chi connectivity index (χ1n) is 3.97.